The van der Waals surface area contributed by atoms with E-state index in [2.05, 4.69) is 11.9 Å². The highest BCUT2D eigenvalue weighted by atomic mass is 16.6. The van der Waals surface area contributed by atoms with Crippen molar-refractivity contribution < 1.29 is 14.9 Å². The van der Waals surface area contributed by atoms with Crippen LogP contribution in [-0.2, 0) is 4.74 Å². The van der Waals surface area contributed by atoms with Gasteiger partial charge in [0.25, 0.3) is 0 Å². The predicted octanol–water partition coefficient (Wildman–Crippen LogP) is -0.0142. The molecular weight excluding hydrogens is 176 g/mol. The molecule has 0 saturated heterocycles. The van der Waals surface area contributed by atoms with Crippen LogP contribution >= 0.6 is 0 Å². The number of hydrogen-bond donors (Lipinski definition) is 2. The molecule has 0 aromatic rings. The average molecular weight is 190 g/mol. The Hall–Kier alpha value is -1.59. The SMILES string of the molecule is C=CNC(=O)OC(C)(C)C.O=[NH+][O-]. The number of hydrogen-bond acceptors (Lipinski definition) is 4. The molecule has 13 heavy (non-hydrogen) atoms. The minimum absolute atomic E-state index is 0.250. The van der Waals surface area contributed by atoms with E-state index in [0.717, 1.165) is 0 Å². The van der Waals surface area contributed by atoms with Gasteiger partial charge >= 0.3 is 6.09 Å². The Balaban J connectivity index is 0. The molecule has 0 rings (SSSR count). The lowest BCUT2D eigenvalue weighted by Crippen LogP contribution is -2.53. The summed E-state index contributed by atoms with van der Waals surface area (Å²) >= 11 is 0. The smallest absolute Gasteiger partial charge is 0.411 e. The van der Waals surface area contributed by atoms with Crippen molar-refractivity contribution in [2.24, 2.45) is 0 Å². The first-order chi connectivity index (χ1) is 5.87. The van der Waals surface area contributed by atoms with Crippen molar-refractivity contribution in [3.8, 4) is 0 Å². The van der Waals surface area contributed by atoms with Gasteiger partial charge in [-0.3, -0.25) is 15.4 Å². The summed E-state index contributed by atoms with van der Waals surface area (Å²) in [5, 5.41) is 10.7. The molecule has 0 fully saturated rings. The number of rotatable bonds is 1. The van der Waals surface area contributed by atoms with Gasteiger partial charge in [-0.15, -0.1) is 0 Å². The van der Waals surface area contributed by atoms with Gasteiger partial charge in [0.05, 0.1) is 0 Å². The fourth-order valence-electron chi connectivity index (χ4n) is 0.391. The highest BCUT2D eigenvalue weighted by Gasteiger charge is 2.14. The zero-order valence-corrected chi connectivity index (χ0v) is 7.92. The van der Waals surface area contributed by atoms with Gasteiger partial charge in [0.15, 0.2) is 0 Å². The molecule has 76 valence electrons. The van der Waals surface area contributed by atoms with E-state index in [0.29, 0.717) is 0 Å². The van der Waals surface area contributed by atoms with Crippen LogP contribution < -0.4 is 10.7 Å². The molecule has 0 saturated carbocycles. The van der Waals surface area contributed by atoms with Gasteiger partial charge in [-0.2, -0.15) is 0 Å². The summed E-state index contributed by atoms with van der Waals surface area (Å²) in [6.07, 6.45) is 0.816. The van der Waals surface area contributed by atoms with Crippen molar-refractivity contribution >= 4 is 6.09 Å². The molecule has 0 aliphatic rings. The van der Waals surface area contributed by atoms with Crippen LogP contribution in [0.25, 0.3) is 0 Å². The van der Waals surface area contributed by atoms with E-state index in [1.807, 2.05) is 0 Å². The highest BCUT2D eigenvalue weighted by molar-refractivity contribution is 5.68. The fourth-order valence-corrected chi connectivity index (χ4v) is 0.391. The molecule has 0 aliphatic carbocycles. The number of carbonyl (C=O) groups excluding carboxylic acids is 1. The van der Waals surface area contributed by atoms with E-state index in [1.165, 1.54) is 6.20 Å². The van der Waals surface area contributed by atoms with Crippen LogP contribution in [0.2, 0.25) is 0 Å². The minimum atomic E-state index is -0.470. The topological polar surface area (TPSA) is 92.4 Å². The van der Waals surface area contributed by atoms with E-state index in [1.54, 1.807) is 20.8 Å². The second-order valence-electron chi connectivity index (χ2n) is 2.93. The lowest BCUT2D eigenvalue weighted by atomic mass is 10.2. The normalized spacial score (nSPS) is 8.85. The van der Waals surface area contributed by atoms with Crippen LogP contribution in [0.1, 0.15) is 20.8 Å². The van der Waals surface area contributed by atoms with Crippen molar-refractivity contribution in [1.29, 1.82) is 0 Å². The van der Waals surface area contributed by atoms with E-state index in [4.69, 9.17) is 14.9 Å². The summed E-state index contributed by atoms with van der Waals surface area (Å²) in [7, 11) is 0. The molecule has 0 bridgehead atoms. The third-order valence-corrected chi connectivity index (χ3v) is 0.619. The Kier molecular flexibility index (Phi) is 7.61. The second-order valence-corrected chi connectivity index (χ2v) is 2.93. The monoisotopic (exact) mass is 190 g/mol. The van der Waals surface area contributed by atoms with Crippen LogP contribution in [0.3, 0.4) is 0 Å². The first-order valence-corrected chi connectivity index (χ1v) is 3.47. The van der Waals surface area contributed by atoms with Crippen molar-refractivity contribution in [2.75, 3.05) is 0 Å². The molecule has 2 N–H and O–H groups in total. The lowest BCUT2D eigenvalue weighted by molar-refractivity contribution is -0.398. The predicted molar refractivity (Wildman–Crippen MR) is 47.3 cm³/mol. The summed E-state index contributed by atoms with van der Waals surface area (Å²) in [4.78, 5) is 18.8. The van der Waals surface area contributed by atoms with Crippen LogP contribution in [0, 0.1) is 10.1 Å². The number of amides is 1. The zero-order chi connectivity index (χ0) is 10.9. The van der Waals surface area contributed by atoms with Gasteiger partial charge in [0.2, 0.25) is 0 Å². The van der Waals surface area contributed by atoms with Gasteiger partial charge < -0.3 is 4.74 Å². The van der Waals surface area contributed by atoms with E-state index >= 15 is 0 Å². The minimum Gasteiger partial charge on any atom is -0.444 e. The largest absolute Gasteiger partial charge is 0.444 e. The molecule has 0 atom stereocenters. The van der Waals surface area contributed by atoms with Crippen molar-refractivity contribution in [1.82, 2.24) is 5.32 Å². The zero-order valence-electron chi connectivity index (χ0n) is 7.92. The Bertz CT molecular complexity index is 174. The standard InChI is InChI=1S/C7H13NO2.HNO2/c1-5-8-6(9)10-7(2,3)4;2-1-3/h5H,1H2,2-4H3,(H,8,9);1H. The fraction of sp³-hybridized carbons (Fsp3) is 0.571. The lowest BCUT2D eigenvalue weighted by Gasteiger charge is -2.18. The number of carbonyl (C=O) groups is 1. The molecule has 0 aromatic heterocycles. The quantitative estimate of drug-likeness (QED) is 0.449. The van der Waals surface area contributed by atoms with E-state index in [9.17, 15) is 4.79 Å². The van der Waals surface area contributed by atoms with Crippen LogP contribution in [0.4, 0.5) is 4.79 Å². The van der Waals surface area contributed by atoms with Gasteiger partial charge in [-0.25, -0.2) is 4.79 Å². The molecule has 6 heteroatoms. The summed E-state index contributed by atoms with van der Waals surface area (Å²) in [5.74, 6) is 0. The Morgan fingerprint density at radius 2 is 2.00 bits per heavy atom. The molecule has 1 amide bonds. The number of nitrogens with one attached hydrogen (secondary N) is 2. The van der Waals surface area contributed by atoms with E-state index < -0.39 is 11.7 Å². The summed E-state index contributed by atoms with van der Waals surface area (Å²) in [6, 6.07) is 0. The molecule has 0 heterocycles. The second kappa shape index (κ2) is 7.08. The Labute approximate surface area is 76.5 Å². The maximum absolute atomic E-state index is 10.7. The first-order valence-electron chi connectivity index (χ1n) is 3.47. The summed E-state index contributed by atoms with van der Waals surface area (Å²) < 4.78 is 4.86. The maximum atomic E-state index is 10.7. The highest BCUT2D eigenvalue weighted by Crippen LogP contribution is 2.05. The molecule has 6 nitrogen and oxygen atoms in total. The van der Waals surface area contributed by atoms with Crippen LogP contribution in [-0.4, -0.2) is 11.7 Å². The van der Waals surface area contributed by atoms with Gasteiger partial charge in [0, 0.05) is 5.34 Å². The summed E-state index contributed by atoms with van der Waals surface area (Å²) in [5.41, 5.74) is -0.437. The summed E-state index contributed by atoms with van der Waals surface area (Å²) in [6.45, 7) is 8.72. The van der Waals surface area contributed by atoms with Crippen LogP contribution in [0.15, 0.2) is 12.8 Å². The Morgan fingerprint density at radius 1 is 1.62 bits per heavy atom. The Morgan fingerprint density at radius 3 is 2.23 bits per heavy atom. The van der Waals surface area contributed by atoms with Crippen LogP contribution in [0.5, 0.6) is 0 Å². The molecule has 0 spiro atoms. The van der Waals surface area contributed by atoms with Crippen molar-refractivity contribution in [2.45, 2.75) is 26.4 Å². The maximum Gasteiger partial charge on any atom is 0.411 e. The third-order valence-electron chi connectivity index (χ3n) is 0.619. The molecule has 0 unspecified atom stereocenters. The van der Waals surface area contributed by atoms with Crippen molar-refractivity contribution in [3.05, 3.63) is 22.9 Å². The first kappa shape index (κ1) is 14.0. The van der Waals surface area contributed by atoms with E-state index in [-0.39, 0.29) is 5.34 Å². The molecule has 0 aromatic carbocycles. The molecular formula is C7H14N2O4. The number of alkyl carbamates (subject to hydrolysis) is 1. The van der Waals surface area contributed by atoms with Gasteiger partial charge in [0.1, 0.15) is 5.60 Å². The third kappa shape index (κ3) is 17.9. The molecule has 0 aliphatic heterocycles. The number of ether oxygens (including phenoxy) is 1. The van der Waals surface area contributed by atoms with Gasteiger partial charge in [-0.1, -0.05) is 6.58 Å². The molecule has 0 radical (unpaired) electrons. The van der Waals surface area contributed by atoms with Gasteiger partial charge in [-0.05, 0) is 27.0 Å². The average Bonchev–Trinajstić information content (AvgIpc) is 1.84. The van der Waals surface area contributed by atoms with Crippen molar-refractivity contribution in [3.63, 3.8) is 0 Å².